The molecule has 19 heavy (non-hydrogen) atoms. The lowest BCUT2D eigenvalue weighted by atomic mass is 10.2. The van der Waals surface area contributed by atoms with Crippen LogP contribution in [0.4, 0.5) is 9.18 Å². The summed E-state index contributed by atoms with van der Waals surface area (Å²) in [5, 5.41) is 11.3. The van der Waals surface area contributed by atoms with E-state index in [2.05, 4.69) is 5.32 Å². The summed E-state index contributed by atoms with van der Waals surface area (Å²) in [5.41, 5.74) is 0.766. The highest BCUT2D eigenvalue weighted by Crippen LogP contribution is 2.06. The van der Waals surface area contributed by atoms with Gasteiger partial charge >= 0.3 is 12.0 Å². The van der Waals surface area contributed by atoms with E-state index in [4.69, 9.17) is 5.11 Å². The van der Waals surface area contributed by atoms with E-state index in [1.807, 2.05) is 0 Å². The molecule has 2 N–H and O–H groups in total. The molecule has 0 bridgehead atoms. The Kier molecular flexibility index (Phi) is 5.29. The van der Waals surface area contributed by atoms with Gasteiger partial charge < -0.3 is 15.3 Å². The minimum absolute atomic E-state index is 0.280. The second-order valence-electron chi connectivity index (χ2n) is 4.23. The molecule has 0 saturated heterocycles. The molecule has 1 atom stereocenters. The number of urea groups is 1. The monoisotopic (exact) mass is 268 g/mol. The summed E-state index contributed by atoms with van der Waals surface area (Å²) in [4.78, 5) is 23.9. The van der Waals surface area contributed by atoms with Crippen LogP contribution in [0.1, 0.15) is 18.9 Å². The van der Waals surface area contributed by atoms with Gasteiger partial charge in [-0.1, -0.05) is 19.1 Å². The van der Waals surface area contributed by atoms with Crippen molar-refractivity contribution in [3.63, 3.8) is 0 Å². The van der Waals surface area contributed by atoms with Gasteiger partial charge in [0.05, 0.1) is 0 Å². The van der Waals surface area contributed by atoms with Crippen LogP contribution in [0.15, 0.2) is 24.3 Å². The Morgan fingerprint density at radius 1 is 1.37 bits per heavy atom. The SMILES string of the molecule is CC[C@H](NC(=O)N(C)Cc1ccc(F)cc1)C(=O)O. The zero-order valence-corrected chi connectivity index (χ0v) is 10.9. The lowest BCUT2D eigenvalue weighted by molar-refractivity contribution is -0.139. The molecule has 1 aromatic carbocycles. The quantitative estimate of drug-likeness (QED) is 0.856. The van der Waals surface area contributed by atoms with Crippen LogP contribution < -0.4 is 5.32 Å². The molecule has 0 aliphatic carbocycles. The summed E-state index contributed by atoms with van der Waals surface area (Å²) < 4.78 is 12.7. The van der Waals surface area contributed by atoms with E-state index in [0.717, 1.165) is 5.56 Å². The fourth-order valence-electron chi connectivity index (χ4n) is 1.53. The standard InChI is InChI=1S/C13H17FN2O3/c1-3-11(12(17)18)15-13(19)16(2)8-9-4-6-10(14)7-5-9/h4-7,11H,3,8H2,1-2H3,(H,15,19)(H,17,18)/t11-/m0/s1. The first-order valence-electron chi connectivity index (χ1n) is 5.93. The van der Waals surface area contributed by atoms with E-state index < -0.39 is 18.0 Å². The minimum atomic E-state index is -1.06. The maximum absolute atomic E-state index is 12.7. The summed E-state index contributed by atoms with van der Waals surface area (Å²) in [6.45, 7) is 1.96. The van der Waals surface area contributed by atoms with Gasteiger partial charge in [-0.3, -0.25) is 0 Å². The van der Waals surface area contributed by atoms with Gasteiger partial charge in [-0.05, 0) is 24.1 Å². The molecule has 0 saturated carbocycles. The van der Waals surface area contributed by atoms with Gasteiger partial charge in [-0.2, -0.15) is 0 Å². The molecule has 6 heteroatoms. The number of carboxylic acids is 1. The number of rotatable bonds is 5. The number of halogens is 1. The third kappa shape index (κ3) is 4.57. The predicted molar refractivity (Wildman–Crippen MR) is 68.1 cm³/mol. The number of hydrogen-bond acceptors (Lipinski definition) is 2. The molecule has 2 amide bonds. The highest BCUT2D eigenvalue weighted by Gasteiger charge is 2.19. The van der Waals surface area contributed by atoms with Gasteiger partial charge in [-0.25, -0.2) is 14.0 Å². The van der Waals surface area contributed by atoms with Crippen LogP contribution in [-0.4, -0.2) is 35.1 Å². The largest absolute Gasteiger partial charge is 0.480 e. The molecule has 104 valence electrons. The predicted octanol–water partition coefficient (Wildman–Crippen LogP) is 1.83. The van der Waals surface area contributed by atoms with Gasteiger partial charge in [0.1, 0.15) is 11.9 Å². The smallest absolute Gasteiger partial charge is 0.326 e. The van der Waals surface area contributed by atoms with Crippen molar-refractivity contribution in [3.05, 3.63) is 35.6 Å². The first-order valence-corrected chi connectivity index (χ1v) is 5.93. The number of benzene rings is 1. The Balaban J connectivity index is 2.57. The fourth-order valence-corrected chi connectivity index (χ4v) is 1.53. The van der Waals surface area contributed by atoms with Crippen molar-refractivity contribution in [1.82, 2.24) is 10.2 Å². The van der Waals surface area contributed by atoms with Crippen LogP contribution in [0.5, 0.6) is 0 Å². The van der Waals surface area contributed by atoms with Gasteiger partial charge in [0.15, 0.2) is 0 Å². The number of carbonyl (C=O) groups excluding carboxylic acids is 1. The first-order chi connectivity index (χ1) is 8.93. The molecule has 0 aliphatic heterocycles. The maximum atomic E-state index is 12.7. The van der Waals surface area contributed by atoms with Crippen molar-refractivity contribution in [1.29, 1.82) is 0 Å². The Labute approximate surface area is 111 Å². The third-order valence-electron chi connectivity index (χ3n) is 2.68. The molecule has 0 radical (unpaired) electrons. The average Bonchev–Trinajstić information content (AvgIpc) is 2.37. The van der Waals surface area contributed by atoms with Gasteiger partial charge in [-0.15, -0.1) is 0 Å². The number of aliphatic carboxylic acids is 1. The van der Waals surface area contributed by atoms with Crippen LogP contribution >= 0.6 is 0 Å². The fraction of sp³-hybridized carbons (Fsp3) is 0.385. The van der Waals surface area contributed by atoms with Crippen LogP contribution in [-0.2, 0) is 11.3 Å². The number of amides is 2. The zero-order chi connectivity index (χ0) is 14.4. The Morgan fingerprint density at radius 2 is 1.95 bits per heavy atom. The Hall–Kier alpha value is -2.11. The third-order valence-corrected chi connectivity index (χ3v) is 2.68. The number of carbonyl (C=O) groups is 2. The Morgan fingerprint density at radius 3 is 2.42 bits per heavy atom. The number of hydrogen-bond donors (Lipinski definition) is 2. The van der Waals surface area contributed by atoms with E-state index in [9.17, 15) is 14.0 Å². The molecule has 0 unspecified atom stereocenters. The lowest BCUT2D eigenvalue weighted by Gasteiger charge is -2.20. The number of nitrogens with one attached hydrogen (secondary N) is 1. The van der Waals surface area contributed by atoms with Crippen molar-refractivity contribution in [2.75, 3.05) is 7.05 Å². The van der Waals surface area contributed by atoms with Gasteiger partial charge in [0, 0.05) is 13.6 Å². The van der Waals surface area contributed by atoms with Crippen molar-refractivity contribution >= 4 is 12.0 Å². The normalized spacial score (nSPS) is 11.7. The van der Waals surface area contributed by atoms with E-state index in [1.165, 1.54) is 17.0 Å². The van der Waals surface area contributed by atoms with Gasteiger partial charge in [0.25, 0.3) is 0 Å². The highest BCUT2D eigenvalue weighted by molar-refractivity contribution is 5.82. The number of carboxylic acid groups (broad SMARTS) is 1. The molecule has 0 heterocycles. The molecule has 0 spiro atoms. The van der Waals surface area contributed by atoms with E-state index >= 15 is 0 Å². The van der Waals surface area contributed by atoms with Crippen LogP contribution in [0.3, 0.4) is 0 Å². The summed E-state index contributed by atoms with van der Waals surface area (Å²) >= 11 is 0. The minimum Gasteiger partial charge on any atom is -0.480 e. The van der Waals surface area contributed by atoms with Crippen molar-refractivity contribution in [2.24, 2.45) is 0 Å². The summed E-state index contributed by atoms with van der Waals surface area (Å²) in [6, 6.07) is 4.41. The van der Waals surface area contributed by atoms with E-state index in [1.54, 1.807) is 26.1 Å². The second-order valence-corrected chi connectivity index (χ2v) is 4.23. The molecule has 5 nitrogen and oxygen atoms in total. The molecular weight excluding hydrogens is 251 g/mol. The molecule has 1 rings (SSSR count). The summed E-state index contributed by atoms with van der Waals surface area (Å²) in [7, 11) is 1.55. The number of nitrogens with zero attached hydrogens (tertiary/aromatic N) is 1. The molecular formula is C13H17FN2O3. The molecule has 0 aliphatic rings. The average molecular weight is 268 g/mol. The molecule has 0 aromatic heterocycles. The van der Waals surface area contributed by atoms with E-state index in [0.29, 0.717) is 6.42 Å². The Bertz CT molecular complexity index is 448. The van der Waals surface area contributed by atoms with Crippen LogP contribution in [0.25, 0.3) is 0 Å². The summed E-state index contributed by atoms with van der Waals surface area (Å²) in [6.07, 6.45) is 0.311. The zero-order valence-electron chi connectivity index (χ0n) is 10.9. The van der Waals surface area contributed by atoms with Gasteiger partial charge in [0.2, 0.25) is 0 Å². The lowest BCUT2D eigenvalue weighted by Crippen LogP contribution is -2.46. The summed E-state index contributed by atoms with van der Waals surface area (Å²) in [5.74, 6) is -1.40. The maximum Gasteiger partial charge on any atom is 0.326 e. The van der Waals surface area contributed by atoms with E-state index in [-0.39, 0.29) is 12.4 Å². The van der Waals surface area contributed by atoms with Crippen molar-refractivity contribution in [2.45, 2.75) is 25.9 Å². The molecule has 1 aromatic rings. The topological polar surface area (TPSA) is 69.6 Å². The second kappa shape index (κ2) is 6.72. The van der Waals surface area contributed by atoms with Crippen LogP contribution in [0.2, 0.25) is 0 Å². The highest BCUT2D eigenvalue weighted by atomic mass is 19.1. The van der Waals surface area contributed by atoms with Crippen LogP contribution in [0, 0.1) is 5.82 Å². The molecule has 0 fully saturated rings. The van der Waals surface area contributed by atoms with Crippen molar-refractivity contribution < 1.29 is 19.1 Å². The van der Waals surface area contributed by atoms with Crippen molar-refractivity contribution in [3.8, 4) is 0 Å². The first kappa shape index (κ1) is 14.9.